The molecule has 0 radical (unpaired) electrons. The Labute approximate surface area is 166 Å². The van der Waals surface area contributed by atoms with E-state index in [9.17, 15) is 0 Å². The van der Waals surface area contributed by atoms with E-state index in [0.29, 0.717) is 11.7 Å². The standard InChI is InChI=1S/C22H27N5O/c1-28-21-9-3-2-8-20(21)26-14-12-25(13-15-26)19-7-5-11-27(17-19)22-10-4-6-18(16-23)24-22/h2-4,6,8-10,19H,5,7,11-15,17H2,1H3/t19-/m0/s1. The second-order valence-corrected chi connectivity index (χ2v) is 7.43. The Bertz CT molecular complexity index is 841. The molecule has 2 aliphatic rings. The van der Waals surface area contributed by atoms with Crippen LogP contribution in [-0.2, 0) is 0 Å². The molecular weight excluding hydrogens is 350 g/mol. The molecule has 0 amide bonds. The third-order valence-corrected chi connectivity index (χ3v) is 5.83. The number of methoxy groups -OCH3 is 1. The molecule has 28 heavy (non-hydrogen) atoms. The first-order valence-corrected chi connectivity index (χ1v) is 10.0. The van der Waals surface area contributed by atoms with Crippen molar-refractivity contribution < 1.29 is 4.74 Å². The van der Waals surface area contributed by atoms with E-state index in [4.69, 9.17) is 10.00 Å². The zero-order chi connectivity index (χ0) is 19.3. The number of para-hydroxylation sites is 2. The van der Waals surface area contributed by atoms with E-state index in [2.05, 4.69) is 37.9 Å². The van der Waals surface area contributed by atoms with Crippen LogP contribution in [-0.4, -0.2) is 62.3 Å². The molecule has 1 aromatic carbocycles. The summed E-state index contributed by atoms with van der Waals surface area (Å²) in [4.78, 5) is 11.9. The summed E-state index contributed by atoms with van der Waals surface area (Å²) < 4.78 is 5.53. The quantitative estimate of drug-likeness (QED) is 0.817. The molecule has 1 aromatic heterocycles. The summed E-state index contributed by atoms with van der Waals surface area (Å²) >= 11 is 0. The minimum absolute atomic E-state index is 0.491. The van der Waals surface area contributed by atoms with Crippen molar-refractivity contribution >= 4 is 11.5 Å². The number of hydrogen-bond acceptors (Lipinski definition) is 6. The summed E-state index contributed by atoms with van der Waals surface area (Å²) in [6.45, 7) is 6.14. The first kappa shape index (κ1) is 18.6. The van der Waals surface area contributed by atoms with Gasteiger partial charge in [-0.15, -0.1) is 0 Å². The van der Waals surface area contributed by atoms with Crippen molar-refractivity contribution in [3.05, 3.63) is 48.2 Å². The maximum absolute atomic E-state index is 9.12. The Hall–Kier alpha value is -2.78. The highest BCUT2D eigenvalue weighted by Gasteiger charge is 2.29. The molecule has 6 heteroatoms. The lowest BCUT2D eigenvalue weighted by Crippen LogP contribution is -2.55. The first-order valence-electron chi connectivity index (χ1n) is 10.0. The van der Waals surface area contributed by atoms with Gasteiger partial charge in [-0.3, -0.25) is 4.90 Å². The molecule has 3 heterocycles. The summed E-state index contributed by atoms with van der Waals surface area (Å²) in [5, 5.41) is 9.12. The van der Waals surface area contributed by atoms with E-state index < -0.39 is 0 Å². The fourth-order valence-electron chi connectivity index (χ4n) is 4.34. The van der Waals surface area contributed by atoms with Gasteiger partial charge >= 0.3 is 0 Å². The highest BCUT2D eigenvalue weighted by Crippen LogP contribution is 2.29. The molecule has 0 saturated carbocycles. The fourth-order valence-corrected chi connectivity index (χ4v) is 4.34. The van der Waals surface area contributed by atoms with Crippen LogP contribution in [0.25, 0.3) is 0 Å². The van der Waals surface area contributed by atoms with Crippen LogP contribution < -0.4 is 14.5 Å². The van der Waals surface area contributed by atoms with Gasteiger partial charge in [0.1, 0.15) is 23.3 Å². The number of rotatable bonds is 4. The van der Waals surface area contributed by atoms with Crippen molar-refractivity contribution in [2.45, 2.75) is 18.9 Å². The number of nitriles is 1. The van der Waals surface area contributed by atoms with E-state index in [1.165, 1.54) is 12.1 Å². The second-order valence-electron chi connectivity index (χ2n) is 7.43. The minimum atomic E-state index is 0.491. The number of piperidine rings is 1. The maximum Gasteiger partial charge on any atom is 0.142 e. The Balaban J connectivity index is 1.38. The van der Waals surface area contributed by atoms with Crippen LogP contribution >= 0.6 is 0 Å². The lowest BCUT2D eigenvalue weighted by Gasteiger charge is -2.44. The normalized spacial score (nSPS) is 20.6. The molecule has 0 N–H and O–H groups in total. The van der Waals surface area contributed by atoms with Gasteiger partial charge in [-0.05, 0) is 37.1 Å². The van der Waals surface area contributed by atoms with Gasteiger partial charge in [0.05, 0.1) is 12.8 Å². The van der Waals surface area contributed by atoms with Crippen molar-refractivity contribution in [2.24, 2.45) is 0 Å². The predicted molar refractivity (Wildman–Crippen MR) is 111 cm³/mol. The van der Waals surface area contributed by atoms with E-state index in [-0.39, 0.29) is 0 Å². The van der Waals surface area contributed by atoms with Gasteiger partial charge < -0.3 is 14.5 Å². The first-order chi connectivity index (χ1) is 13.8. The van der Waals surface area contributed by atoms with Crippen LogP contribution in [0.5, 0.6) is 5.75 Å². The molecular formula is C22H27N5O. The summed E-state index contributed by atoms with van der Waals surface area (Å²) in [7, 11) is 1.74. The van der Waals surface area contributed by atoms with Gasteiger partial charge in [-0.2, -0.15) is 5.26 Å². The van der Waals surface area contributed by atoms with E-state index in [1.54, 1.807) is 13.2 Å². The molecule has 2 fully saturated rings. The smallest absolute Gasteiger partial charge is 0.142 e. The maximum atomic E-state index is 9.12. The van der Waals surface area contributed by atoms with Crippen LogP contribution in [0.15, 0.2) is 42.5 Å². The number of aromatic nitrogens is 1. The lowest BCUT2D eigenvalue weighted by atomic mass is 10.0. The lowest BCUT2D eigenvalue weighted by molar-refractivity contribution is 0.166. The topological polar surface area (TPSA) is 55.6 Å². The number of ether oxygens (including phenoxy) is 1. The average molecular weight is 377 g/mol. The Kier molecular flexibility index (Phi) is 5.63. The van der Waals surface area contributed by atoms with Gasteiger partial charge in [0.25, 0.3) is 0 Å². The monoisotopic (exact) mass is 377 g/mol. The SMILES string of the molecule is COc1ccccc1N1CCN([C@H]2CCCN(c3cccc(C#N)n3)C2)CC1. The fraction of sp³-hybridized carbons (Fsp3) is 0.455. The molecule has 146 valence electrons. The molecule has 0 aliphatic carbocycles. The molecule has 1 atom stereocenters. The largest absolute Gasteiger partial charge is 0.495 e. The number of anilines is 2. The second kappa shape index (κ2) is 8.49. The van der Waals surface area contributed by atoms with Gasteiger partial charge in [-0.1, -0.05) is 18.2 Å². The van der Waals surface area contributed by atoms with Crippen LogP contribution in [0.2, 0.25) is 0 Å². The summed E-state index contributed by atoms with van der Waals surface area (Å²) in [6, 6.07) is 16.7. The molecule has 2 aromatic rings. The van der Waals surface area contributed by atoms with Crippen LogP contribution in [0, 0.1) is 11.3 Å². The predicted octanol–water partition coefficient (Wildman–Crippen LogP) is 2.75. The van der Waals surface area contributed by atoms with Crippen molar-refractivity contribution in [2.75, 3.05) is 56.2 Å². The Morgan fingerprint density at radius 2 is 1.82 bits per heavy atom. The number of benzene rings is 1. The van der Waals surface area contributed by atoms with Gasteiger partial charge in [0, 0.05) is 45.3 Å². The molecule has 2 aliphatic heterocycles. The van der Waals surface area contributed by atoms with Gasteiger partial charge in [0.15, 0.2) is 0 Å². The summed E-state index contributed by atoms with van der Waals surface area (Å²) in [6.07, 6.45) is 2.39. The number of pyridine rings is 1. The van der Waals surface area contributed by atoms with Gasteiger partial charge in [-0.25, -0.2) is 4.98 Å². The molecule has 0 spiro atoms. The highest BCUT2D eigenvalue weighted by molar-refractivity contribution is 5.58. The van der Waals surface area contributed by atoms with Crippen molar-refractivity contribution in [1.82, 2.24) is 9.88 Å². The molecule has 0 bridgehead atoms. The zero-order valence-corrected chi connectivity index (χ0v) is 16.4. The third-order valence-electron chi connectivity index (χ3n) is 5.83. The van der Waals surface area contributed by atoms with Crippen LogP contribution in [0.1, 0.15) is 18.5 Å². The van der Waals surface area contributed by atoms with Crippen molar-refractivity contribution in [1.29, 1.82) is 5.26 Å². The highest BCUT2D eigenvalue weighted by atomic mass is 16.5. The Morgan fingerprint density at radius 3 is 2.61 bits per heavy atom. The zero-order valence-electron chi connectivity index (χ0n) is 16.4. The Morgan fingerprint density at radius 1 is 1.00 bits per heavy atom. The number of piperazine rings is 1. The van der Waals surface area contributed by atoms with Crippen LogP contribution in [0.3, 0.4) is 0 Å². The summed E-state index contributed by atoms with van der Waals surface area (Å²) in [5.41, 5.74) is 1.68. The minimum Gasteiger partial charge on any atom is -0.495 e. The van der Waals surface area contributed by atoms with Crippen LogP contribution in [0.4, 0.5) is 11.5 Å². The summed E-state index contributed by atoms with van der Waals surface area (Å²) in [5.74, 6) is 1.87. The average Bonchev–Trinajstić information content (AvgIpc) is 2.79. The van der Waals surface area contributed by atoms with E-state index >= 15 is 0 Å². The molecule has 2 saturated heterocycles. The third kappa shape index (κ3) is 3.90. The van der Waals surface area contributed by atoms with E-state index in [1.807, 2.05) is 24.3 Å². The van der Waals surface area contributed by atoms with E-state index in [0.717, 1.165) is 57.3 Å². The van der Waals surface area contributed by atoms with Crippen molar-refractivity contribution in [3.63, 3.8) is 0 Å². The van der Waals surface area contributed by atoms with Crippen molar-refractivity contribution in [3.8, 4) is 11.8 Å². The number of hydrogen-bond donors (Lipinski definition) is 0. The molecule has 4 rings (SSSR count). The van der Waals surface area contributed by atoms with Gasteiger partial charge in [0.2, 0.25) is 0 Å². The molecule has 6 nitrogen and oxygen atoms in total. The number of nitrogens with zero attached hydrogens (tertiary/aromatic N) is 5. The molecule has 0 unspecified atom stereocenters.